The Morgan fingerprint density at radius 2 is 1.69 bits per heavy atom. The van der Waals surface area contributed by atoms with Gasteiger partial charge in [0.1, 0.15) is 22.6 Å². The van der Waals surface area contributed by atoms with Gasteiger partial charge in [0.05, 0.1) is 10.3 Å². The summed E-state index contributed by atoms with van der Waals surface area (Å²) in [5.41, 5.74) is -1.55. The Morgan fingerprint density at radius 1 is 1.03 bits per heavy atom. The predicted octanol–water partition coefficient (Wildman–Crippen LogP) is 6.29. The summed E-state index contributed by atoms with van der Waals surface area (Å²) in [6.07, 6.45) is -4.37. The van der Waals surface area contributed by atoms with E-state index in [0.29, 0.717) is 6.42 Å². The van der Waals surface area contributed by atoms with E-state index in [-0.39, 0.29) is 22.4 Å². The number of ether oxygens (including phenoxy) is 2. The van der Waals surface area contributed by atoms with Crippen LogP contribution in [0.4, 0.5) is 18.9 Å². The molecule has 0 saturated carbocycles. The summed E-state index contributed by atoms with van der Waals surface area (Å²) < 4.78 is 56.7. The minimum absolute atomic E-state index is 0.0133. The van der Waals surface area contributed by atoms with Gasteiger partial charge in [-0.05, 0) is 42.3 Å². The molecule has 3 aromatic carbocycles. The fourth-order valence-corrected chi connectivity index (χ4v) is 3.38. The third-order valence-corrected chi connectivity index (χ3v) is 5.16. The lowest BCUT2D eigenvalue weighted by Gasteiger charge is -2.14. The number of carbonyl (C=O) groups is 1. The van der Waals surface area contributed by atoms with Crippen molar-refractivity contribution in [1.82, 2.24) is 0 Å². The van der Waals surface area contributed by atoms with Crippen molar-refractivity contribution in [3.63, 3.8) is 0 Å². The van der Waals surface area contributed by atoms with Crippen molar-refractivity contribution in [2.45, 2.75) is 19.5 Å². The van der Waals surface area contributed by atoms with Crippen LogP contribution in [0.5, 0.6) is 17.2 Å². The van der Waals surface area contributed by atoms with Gasteiger partial charge in [0.25, 0.3) is 11.4 Å². The number of nitro groups is 1. The molecule has 1 aromatic heterocycles. The molecule has 0 fully saturated rings. The van der Waals surface area contributed by atoms with Gasteiger partial charge in [-0.15, -0.1) is 0 Å². The molecule has 4 rings (SSSR count). The molecule has 0 atom stereocenters. The van der Waals surface area contributed by atoms with Gasteiger partial charge in [0.15, 0.2) is 0 Å². The van der Waals surface area contributed by atoms with Crippen molar-refractivity contribution in [2.24, 2.45) is 0 Å². The van der Waals surface area contributed by atoms with Gasteiger partial charge in [0.2, 0.25) is 11.2 Å². The number of nitro benzene ring substituents is 1. The highest BCUT2D eigenvalue weighted by Crippen LogP contribution is 2.38. The quantitative estimate of drug-likeness (QED) is 0.133. The van der Waals surface area contributed by atoms with E-state index in [9.17, 15) is 32.9 Å². The zero-order valence-electron chi connectivity index (χ0n) is 18.5. The molecule has 0 aliphatic rings. The van der Waals surface area contributed by atoms with Gasteiger partial charge >= 0.3 is 12.1 Å². The van der Waals surface area contributed by atoms with Crippen molar-refractivity contribution in [3.05, 3.63) is 104 Å². The van der Waals surface area contributed by atoms with E-state index < -0.39 is 45.3 Å². The van der Waals surface area contributed by atoms with Crippen LogP contribution in [0.25, 0.3) is 11.0 Å². The van der Waals surface area contributed by atoms with Gasteiger partial charge in [0, 0.05) is 12.1 Å². The lowest BCUT2D eigenvalue weighted by molar-refractivity contribution is -0.385. The SMILES string of the molecule is CCc1ccc(Oc2c(C(F)(F)F)oc3cc(OC(=O)c4ccccc4[N+](=O)[O-])ccc3c2=O)cc1. The smallest absolute Gasteiger partial charge is 0.449 e. The predicted molar refractivity (Wildman–Crippen MR) is 121 cm³/mol. The van der Waals surface area contributed by atoms with Gasteiger partial charge in [-0.2, -0.15) is 13.2 Å². The summed E-state index contributed by atoms with van der Waals surface area (Å²) >= 11 is 0. The van der Waals surface area contributed by atoms with Crippen LogP contribution in [-0.4, -0.2) is 10.9 Å². The highest BCUT2D eigenvalue weighted by atomic mass is 19.4. The Labute approximate surface area is 200 Å². The fraction of sp³-hybridized carbons (Fsp3) is 0.120. The molecule has 0 radical (unpaired) electrons. The first kappa shape index (κ1) is 24.5. The monoisotopic (exact) mass is 499 g/mol. The summed E-state index contributed by atoms with van der Waals surface area (Å²) in [5, 5.41) is 10.9. The molecule has 0 saturated heterocycles. The van der Waals surface area contributed by atoms with Gasteiger partial charge < -0.3 is 13.9 Å². The molecule has 0 aliphatic heterocycles. The molecule has 36 heavy (non-hydrogen) atoms. The second-order valence-corrected chi connectivity index (χ2v) is 7.51. The Bertz CT molecular complexity index is 1530. The van der Waals surface area contributed by atoms with E-state index in [1.807, 2.05) is 6.92 Å². The topological polar surface area (TPSA) is 109 Å². The fourth-order valence-electron chi connectivity index (χ4n) is 3.38. The molecule has 0 aliphatic carbocycles. The van der Waals surface area contributed by atoms with E-state index in [4.69, 9.17) is 13.9 Å². The summed E-state index contributed by atoms with van der Waals surface area (Å²) in [5.74, 6) is -4.09. The van der Waals surface area contributed by atoms with E-state index >= 15 is 0 Å². The van der Waals surface area contributed by atoms with E-state index in [1.54, 1.807) is 12.1 Å². The minimum atomic E-state index is -5.08. The summed E-state index contributed by atoms with van der Waals surface area (Å²) in [4.78, 5) is 35.8. The van der Waals surface area contributed by atoms with Crippen LogP contribution in [0, 0.1) is 10.1 Å². The Morgan fingerprint density at radius 3 is 2.33 bits per heavy atom. The van der Waals surface area contributed by atoms with Gasteiger partial charge in [-0.3, -0.25) is 14.9 Å². The number of benzene rings is 3. The Balaban J connectivity index is 1.74. The number of esters is 1. The van der Waals surface area contributed by atoms with Crippen LogP contribution in [-0.2, 0) is 12.6 Å². The largest absolute Gasteiger partial charge is 0.453 e. The third-order valence-electron chi connectivity index (χ3n) is 5.16. The number of halogens is 3. The van der Waals surface area contributed by atoms with Crippen molar-refractivity contribution >= 4 is 22.6 Å². The number of alkyl halides is 3. The number of fused-ring (bicyclic) bond motifs is 1. The molecule has 1 heterocycles. The minimum Gasteiger partial charge on any atom is -0.449 e. The summed E-state index contributed by atoms with van der Waals surface area (Å²) in [7, 11) is 0. The molecule has 0 unspecified atom stereocenters. The molecular formula is C25H16F3NO7. The standard InChI is InChI=1S/C25H16F3NO7/c1-2-14-7-9-15(10-8-14)34-22-21(30)18-12-11-16(13-20(18)36-23(22)25(26,27)28)35-24(31)17-5-3-4-6-19(17)29(32)33/h3-13H,2H2,1H3. The van der Waals surface area contributed by atoms with E-state index in [2.05, 4.69) is 0 Å². The van der Waals surface area contributed by atoms with E-state index in [0.717, 1.165) is 29.8 Å². The van der Waals surface area contributed by atoms with Crippen molar-refractivity contribution in [1.29, 1.82) is 0 Å². The first-order valence-electron chi connectivity index (χ1n) is 10.5. The summed E-state index contributed by atoms with van der Waals surface area (Å²) in [6, 6.07) is 14.4. The zero-order valence-corrected chi connectivity index (χ0v) is 18.5. The molecule has 8 nitrogen and oxygen atoms in total. The first-order chi connectivity index (χ1) is 17.1. The molecule has 184 valence electrons. The van der Waals surface area contributed by atoms with Gasteiger partial charge in [-0.25, -0.2) is 4.79 Å². The van der Waals surface area contributed by atoms with Crippen LogP contribution >= 0.6 is 0 Å². The Hall–Kier alpha value is -4.67. The maximum absolute atomic E-state index is 13.8. The highest BCUT2D eigenvalue weighted by Gasteiger charge is 2.40. The number of aryl methyl sites for hydroxylation is 1. The number of nitrogens with zero attached hydrogens (tertiary/aromatic N) is 1. The Kier molecular flexibility index (Phi) is 6.47. The molecular weight excluding hydrogens is 483 g/mol. The number of hydrogen-bond acceptors (Lipinski definition) is 7. The maximum Gasteiger partial charge on any atom is 0.453 e. The molecule has 0 amide bonds. The second-order valence-electron chi connectivity index (χ2n) is 7.51. The maximum atomic E-state index is 13.8. The molecule has 0 N–H and O–H groups in total. The first-order valence-corrected chi connectivity index (χ1v) is 10.5. The van der Waals surface area contributed by atoms with E-state index in [1.165, 1.54) is 30.3 Å². The van der Waals surface area contributed by atoms with Crippen molar-refractivity contribution < 1.29 is 36.8 Å². The van der Waals surface area contributed by atoms with Crippen molar-refractivity contribution in [2.75, 3.05) is 0 Å². The number of carbonyl (C=O) groups excluding carboxylic acids is 1. The molecule has 0 spiro atoms. The van der Waals surface area contributed by atoms with Gasteiger partial charge in [-0.1, -0.05) is 31.2 Å². The summed E-state index contributed by atoms with van der Waals surface area (Å²) in [6.45, 7) is 1.90. The number of para-hydroxylation sites is 1. The lowest BCUT2D eigenvalue weighted by atomic mass is 10.1. The lowest BCUT2D eigenvalue weighted by Crippen LogP contribution is -2.16. The van der Waals surface area contributed by atoms with Crippen LogP contribution in [0.15, 0.2) is 75.9 Å². The van der Waals surface area contributed by atoms with Crippen molar-refractivity contribution in [3.8, 4) is 17.2 Å². The van der Waals surface area contributed by atoms with Crippen LogP contribution < -0.4 is 14.9 Å². The average molecular weight is 499 g/mol. The molecule has 0 bridgehead atoms. The normalized spacial score (nSPS) is 11.3. The zero-order chi connectivity index (χ0) is 26.0. The molecule has 4 aromatic rings. The number of hydrogen-bond donors (Lipinski definition) is 0. The van der Waals surface area contributed by atoms with Crippen LogP contribution in [0.3, 0.4) is 0 Å². The highest BCUT2D eigenvalue weighted by molar-refractivity contribution is 5.95. The number of rotatable bonds is 6. The van der Waals surface area contributed by atoms with Crippen LogP contribution in [0.1, 0.15) is 28.6 Å². The molecule has 11 heteroatoms. The second kappa shape index (κ2) is 9.53. The van der Waals surface area contributed by atoms with Crippen LogP contribution in [0.2, 0.25) is 0 Å². The average Bonchev–Trinajstić information content (AvgIpc) is 2.85. The third kappa shape index (κ3) is 4.90.